The van der Waals surface area contributed by atoms with Crippen LogP contribution >= 0.6 is 0 Å². The van der Waals surface area contributed by atoms with Gasteiger partial charge in [-0.05, 0) is 13.3 Å². The third kappa shape index (κ3) is 6.53. The fraction of sp³-hybridized carbons (Fsp3) is 0.684. The lowest BCUT2D eigenvalue weighted by molar-refractivity contribution is 0.0187. The Morgan fingerprint density at radius 3 is 2.24 bits per heavy atom. The summed E-state index contributed by atoms with van der Waals surface area (Å²) < 4.78 is 9.99. The van der Waals surface area contributed by atoms with Crippen molar-refractivity contribution < 1.29 is 24.2 Å². The molecule has 0 aliphatic rings. The van der Waals surface area contributed by atoms with E-state index in [-0.39, 0.29) is 11.5 Å². The Hall–Kier alpha value is -1.82. The number of methoxy groups -OCH3 is 1. The second kappa shape index (κ2) is 10.2. The van der Waals surface area contributed by atoms with E-state index in [1.165, 1.54) is 45.3 Å². The molecule has 1 heterocycles. The van der Waals surface area contributed by atoms with Crippen LogP contribution in [0.2, 0.25) is 0 Å². The van der Waals surface area contributed by atoms with Gasteiger partial charge in [0.25, 0.3) is 0 Å². The van der Waals surface area contributed by atoms with Gasteiger partial charge in [0.05, 0.1) is 7.11 Å². The number of aliphatic hydroxyl groups is 1. The van der Waals surface area contributed by atoms with Gasteiger partial charge in [-0.15, -0.1) is 0 Å². The molecule has 0 fully saturated rings. The molecule has 142 valence electrons. The smallest absolute Gasteiger partial charge is 0.354 e. The first-order valence-electron chi connectivity index (χ1n) is 9.01. The zero-order valence-corrected chi connectivity index (χ0v) is 15.5. The Labute approximate surface area is 148 Å². The highest BCUT2D eigenvalue weighted by molar-refractivity contribution is 5.90. The van der Waals surface area contributed by atoms with Crippen molar-refractivity contribution >= 4 is 5.97 Å². The third-order valence-corrected chi connectivity index (χ3v) is 4.40. The van der Waals surface area contributed by atoms with E-state index in [4.69, 9.17) is 14.3 Å². The summed E-state index contributed by atoms with van der Waals surface area (Å²) in [5, 5.41) is 19.6. The summed E-state index contributed by atoms with van der Waals surface area (Å²) in [4.78, 5) is 23.0. The number of hydrogen-bond acceptors (Lipinski definition) is 5. The molecule has 0 aliphatic carbocycles. The summed E-state index contributed by atoms with van der Waals surface area (Å²) in [7, 11) is 1.28. The van der Waals surface area contributed by atoms with Gasteiger partial charge in [0.15, 0.2) is 5.56 Å². The van der Waals surface area contributed by atoms with Gasteiger partial charge in [0.1, 0.15) is 17.1 Å². The first-order valence-corrected chi connectivity index (χ1v) is 9.01. The van der Waals surface area contributed by atoms with E-state index >= 15 is 0 Å². The minimum atomic E-state index is -1.42. The lowest BCUT2D eigenvalue weighted by Crippen LogP contribution is -2.25. The van der Waals surface area contributed by atoms with Crippen LogP contribution in [0.3, 0.4) is 0 Å². The molecule has 25 heavy (non-hydrogen) atoms. The van der Waals surface area contributed by atoms with Gasteiger partial charge in [-0.25, -0.2) is 9.59 Å². The van der Waals surface area contributed by atoms with Crippen molar-refractivity contribution in [3.8, 4) is 5.75 Å². The van der Waals surface area contributed by atoms with Crippen LogP contribution in [0.15, 0.2) is 15.3 Å². The first-order chi connectivity index (χ1) is 11.8. The molecule has 0 saturated carbocycles. The lowest BCUT2D eigenvalue weighted by Gasteiger charge is -2.22. The predicted molar refractivity (Wildman–Crippen MR) is 95.3 cm³/mol. The standard InChI is InChI=1S/C19H30O6/c1-4-5-6-7-8-9-10-11-12-19(2,23)15-13-14(24-3)16(17(20)21)18(22)25-15/h13,23H,4-12H2,1-3H3,(H,20,21)/t19-/m1/s1. The molecule has 0 radical (unpaired) electrons. The fourth-order valence-electron chi connectivity index (χ4n) is 2.82. The molecule has 1 atom stereocenters. The van der Waals surface area contributed by atoms with Gasteiger partial charge in [-0.3, -0.25) is 0 Å². The van der Waals surface area contributed by atoms with Crippen LogP contribution in [0.4, 0.5) is 0 Å². The molecule has 2 N–H and O–H groups in total. The largest absolute Gasteiger partial charge is 0.495 e. The van der Waals surface area contributed by atoms with E-state index in [2.05, 4.69) is 6.92 Å². The van der Waals surface area contributed by atoms with Crippen molar-refractivity contribution in [3.05, 3.63) is 27.8 Å². The maximum absolute atomic E-state index is 11.9. The summed E-state index contributed by atoms with van der Waals surface area (Å²) in [6.07, 6.45) is 9.57. The monoisotopic (exact) mass is 354 g/mol. The Morgan fingerprint density at radius 2 is 1.72 bits per heavy atom. The SMILES string of the molecule is CCCCCCCCCC[C@@](C)(O)c1cc(OC)c(C(=O)O)c(=O)o1. The zero-order chi connectivity index (χ0) is 18.9. The summed E-state index contributed by atoms with van der Waals surface area (Å²) in [5.41, 5.74) is -2.92. The maximum atomic E-state index is 11.9. The van der Waals surface area contributed by atoms with E-state index in [1.807, 2.05) is 0 Å². The van der Waals surface area contributed by atoms with Gasteiger partial charge in [-0.1, -0.05) is 58.3 Å². The minimum absolute atomic E-state index is 0.0299. The molecule has 0 spiro atoms. The highest BCUT2D eigenvalue weighted by Gasteiger charge is 2.29. The maximum Gasteiger partial charge on any atom is 0.354 e. The number of aromatic carboxylic acids is 1. The Morgan fingerprint density at radius 1 is 1.16 bits per heavy atom. The first kappa shape index (κ1) is 21.2. The van der Waals surface area contributed by atoms with Gasteiger partial charge in [-0.2, -0.15) is 0 Å². The topological polar surface area (TPSA) is 97.0 Å². The Bertz CT molecular complexity index is 602. The van der Waals surface area contributed by atoms with Crippen molar-refractivity contribution in [3.63, 3.8) is 0 Å². The van der Waals surface area contributed by atoms with Crippen LogP contribution in [0.5, 0.6) is 5.75 Å². The molecular formula is C19H30O6. The van der Waals surface area contributed by atoms with Crippen molar-refractivity contribution in [2.75, 3.05) is 7.11 Å². The third-order valence-electron chi connectivity index (χ3n) is 4.40. The summed E-state index contributed by atoms with van der Waals surface area (Å²) >= 11 is 0. The predicted octanol–water partition coefficient (Wildman–Crippen LogP) is 4.08. The van der Waals surface area contributed by atoms with Crippen LogP contribution in [-0.2, 0) is 5.60 Å². The molecule has 1 aromatic heterocycles. The Balaban J connectivity index is 2.62. The quantitative estimate of drug-likeness (QED) is 0.549. The Kier molecular flexibility index (Phi) is 8.69. The number of carboxylic acid groups (broad SMARTS) is 1. The van der Waals surface area contributed by atoms with Crippen molar-refractivity contribution in [2.45, 2.75) is 77.2 Å². The molecule has 1 rings (SSSR count). The molecular weight excluding hydrogens is 324 g/mol. The molecule has 0 aliphatic heterocycles. The van der Waals surface area contributed by atoms with Crippen LogP contribution in [-0.4, -0.2) is 23.3 Å². The molecule has 0 saturated heterocycles. The van der Waals surface area contributed by atoms with E-state index < -0.39 is 22.8 Å². The number of carbonyl (C=O) groups is 1. The van der Waals surface area contributed by atoms with Crippen molar-refractivity contribution in [1.29, 1.82) is 0 Å². The highest BCUT2D eigenvalue weighted by atomic mass is 16.5. The van der Waals surface area contributed by atoms with Crippen molar-refractivity contribution in [1.82, 2.24) is 0 Å². The minimum Gasteiger partial charge on any atom is -0.495 e. The number of unbranched alkanes of at least 4 members (excludes halogenated alkanes) is 7. The number of hydrogen-bond donors (Lipinski definition) is 2. The summed E-state index contributed by atoms with van der Waals surface area (Å²) in [6, 6.07) is 1.29. The van der Waals surface area contributed by atoms with Crippen LogP contribution in [0.25, 0.3) is 0 Å². The summed E-state index contributed by atoms with van der Waals surface area (Å²) in [5.74, 6) is -1.49. The zero-order valence-electron chi connectivity index (χ0n) is 15.5. The number of ether oxygens (including phenoxy) is 1. The van der Waals surface area contributed by atoms with E-state index in [0.717, 1.165) is 19.3 Å². The van der Waals surface area contributed by atoms with Crippen LogP contribution in [0.1, 0.15) is 87.8 Å². The normalized spacial score (nSPS) is 13.4. The van der Waals surface area contributed by atoms with Gasteiger partial charge >= 0.3 is 11.6 Å². The van der Waals surface area contributed by atoms with Crippen molar-refractivity contribution in [2.24, 2.45) is 0 Å². The van der Waals surface area contributed by atoms with Crippen LogP contribution < -0.4 is 10.4 Å². The number of carboxylic acids is 1. The molecule has 6 heteroatoms. The fourth-order valence-corrected chi connectivity index (χ4v) is 2.82. The van der Waals surface area contributed by atoms with Gasteiger partial charge < -0.3 is 19.4 Å². The average molecular weight is 354 g/mol. The molecule has 0 unspecified atom stereocenters. The molecule has 6 nitrogen and oxygen atoms in total. The lowest BCUT2D eigenvalue weighted by atomic mass is 9.94. The van der Waals surface area contributed by atoms with Gasteiger partial charge in [0, 0.05) is 6.07 Å². The van der Waals surface area contributed by atoms with Gasteiger partial charge in [0.2, 0.25) is 0 Å². The van der Waals surface area contributed by atoms with E-state index in [9.17, 15) is 14.7 Å². The van der Waals surface area contributed by atoms with E-state index in [1.54, 1.807) is 6.92 Å². The second-order valence-electron chi connectivity index (χ2n) is 6.65. The van der Waals surface area contributed by atoms with E-state index in [0.29, 0.717) is 6.42 Å². The summed E-state index contributed by atoms with van der Waals surface area (Å²) in [6.45, 7) is 3.75. The highest BCUT2D eigenvalue weighted by Crippen LogP contribution is 2.30. The molecule has 1 aromatic rings. The molecule has 0 amide bonds. The second-order valence-corrected chi connectivity index (χ2v) is 6.65. The molecule has 0 aromatic carbocycles. The number of rotatable bonds is 12. The molecule has 0 bridgehead atoms. The average Bonchev–Trinajstić information content (AvgIpc) is 2.55. The van der Waals surface area contributed by atoms with Crippen LogP contribution in [0, 0.1) is 0 Å².